The zero-order valence-corrected chi connectivity index (χ0v) is 18.4. The van der Waals surface area contributed by atoms with Gasteiger partial charge in [-0.2, -0.15) is 0 Å². The first-order chi connectivity index (χ1) is 13.6. The predicted octanol–water partition coefficient (Wildman–Crippen LogP) is 1.77. The van der Waals surface area contributed by atoms with E-state index in [-0.39, 0.29) is 23.2 Å². The number of carbonyl (C=O) groups excluding carboxylic acids is 2. The van der Waals surface area contributed by atoms with Gasteiger partial charge in [-0.3, -0.25) is 14.6 Å². The van der Waals surface area contributed by atoms with Crippen LogP contribution in [-0.4, -0.2) is 91.1 Å². The number of hydrogen-bond acceptors (Lipinski definition) is 7. The zero-order valence-electron chi connectivity index (χ0n) is 18.4. The smallest absolute Gasteiger partial charge is 0.408 e. The van der Waals surface area contributed by atoms with E-state index < -0.39 is 5.60 Å². The lowest BCUT2D eigenvalue weighted by Gasteiger charge is -2.54. The number of alkyl carbamates (subject to hydrolysis) is 1. The van der Waals surface area contributed by atoms with Gasteiger partial charge < -0.3 is 19.5 Å². The fourth-order valence-corrected chi connectivity index (χ4v) is 4.55. The van der Waals surface area contributed by atoms with Crippen molar-refractivity contribution < 1.29 is 23.8 Å². The van der Waals surface area contributed by atoms with Crippen LogP contribution in [0.3, 0.4) is 0 Å². The van der Waals surface area contributed by atoms with Crippen LogP contribution in [0.2, 0.25) is 0 Å². The van der Waals surface area contributed by atoms with Crippen molar-refractivity contribution in [3.8, 4) is 0 Å². The molecule has 29 heavy (non-hydrogen) atoms. The van der Waals surface area contributed by atoms with Crippen molar-refractivity contribution in [2.24, 2.45) is 0 Å². The van der Waals surface area contributed by atoms with Crippen LogP contribution in [0.4, 0.5) is 4.79 Å². The Kier molecular flexibility index (Phi) is 6.75. The summed E-state index contributed by atoms with van der Waals surface area (Å²) < 4.78 is 16.8. The van der Waals surface area contributed by atoms with E-state index in [0.717, 1.165) is 58.4 Å². The number of rotatable bonds is 6. The quantitative estimate of drug-likeness (QED) is 0.667. The maximum Gasteiger partial charge on any atom is 0.408 e. The predicted molar refractivity (Wildman–Crippen MR) is 109 cm³/mol. The minimum absolute atomic E-state index is 0.110. The first-order valence-corrected chi connectivity index (χ1v) is 10.9. The summed E-state index contributed by atoms with van der Waals surface area (Å²) in [5.74, 6) is -0.142. The third-order valence-corrected chi connectivity index (χ3v) is 6.17. The van der Waals surface area contributed by atoms with Crippen molar-refractivity contribution in [3.05, 3.63) is 0 Å². The average molecular weight is 412 g/mol. The molecule has 4 fully saturated rings. The second-order valence-corrected chi connectivity index (χ2v) is 9.74. The molecule has 2 bridgehead atoms. The lowest BCUT2D eigenvalue weighted by Crippen LogP contribution is -2.66. The number of carbonyl (C=O) groups is 2. The van der Waals surface area contributed by atoms with Gasteiger partial charge in [0.25, 0.3) is 0 Å². The van der Waals surface area contributed by atoms with Crippen LogP contribution in [0.1, 0.15) is 53.4 Å². The van der Waals surface area contributed by atoms with Gasteiger partial charge in [-0.25, -0.2) is 4.79 Å². The lowest BCUT2D eigenvalue weighted by molar-refractivity contribution is -0.172. The Balaban J connectivity index is 1.43. The summed E-state index contributed by atoms with van der Waals surface area (Å²) in [6.45, 7) is 13.4. The van der Waals surface area contributed by atoms with Gasteiger partial charge >= 0.3 is 12.1 Å². The minimum Gasteiger partial charge on any atom is -0.465 e. The molecule has 0 aromatic heterocycles. The molecule has 1 aliphatic carbocycles. The standard InChI is InChI=1S/C21H37N3O5/c1-5-27-17(25)14-23-10-12-24(13-11-23)15-21-8-6-20(7-9-21,16-28-21)22-18(26)29-19(2,3)4/h5-16H2,1-4H3,(H,22,26). The van der Waals surface area contributed by atoms with E-state index in [9.17, 15) is 9.59 Å². The molecule has 0 radical (unpaired) electrons. The molecule has 0 aromatic carbocycles. The summed E-state index contributed by atoms with van der Waals surface area (Å²) in [7, 11) is 0. The average Bonchev–Trinajstić information content (AvgIpc) is 2.63. The highest BCUT2D eigenvalue weighted by molar-refractivity contribution is 5.71. The van der Waals surface area contributed by atoms with Crippen molar-refractivity contribution in [2.45, 2.75) is 70.1 Å². The molecule has 1 saturated carbocycles. The molecule has 8 nitrogen and oxygen atoms in total. The van der Waals surface area contributed by atoms with Gasteiger partial charge in [-0.1, -0.05) is 0 Å². The van der Waals surface area contributed by atoms with Gasteiger partial charge in [0.1, 0.15) is 5.60 Å². The Morgan fingerprint density at radius 3 is 2.17 bits per heavy atom. The molecule has 8 heteroatoms. The SMILES string of the molecule is CCOC(=O)CN1CCN(CC23CCC(NC(=O)OC(C)(C)C)(CC2)CO3)CC1. The highest BCUT2D eigenvalue weighted by Crippen LogP contribution is 2.44. The molecule has 3 saturated heterocycles. The summed E-state index contributed by atoms with van der Waals surface area (Å²) in [5.41, 5.74) is -0.896. The van der Waals surface area contributed by atoms with Crippen LogP contribution >= 0.6 is 0 Å². The second-order valence-electron chi connectivity index (χ2n) is 9.74. The summed E-state index contributed by atoms with van der Waals surface area (Å²) in [4.78, 5) is 28.5. The largest absolute Gasteiger partial charge is 0.465 e. The number of esters is 1. The van der Waals surface area contributed by atoms with Gasteiger partial charge in [0.2, 0.25) is 0 Å². The number of nitrogens with zero attached hydrogens (tertiary/aromatic N) is 2. The number of fused-ring (bicyclic) bond motifs is 3. The molecule has 0 aromatic rings. The van der Waals surface area contributed by atoms with Crippen molar-refractivity contribution in [3.63, 3.8) is 0 Å². The lowest BCUT2D eigenvalue weighted by atomic mass is 9.71. The summed E-state index contributed by atoms with van der Waals surface area (Å²) in [6, 6.07) is 0. The Hall–Kier alpha value is -1.38. The van der Waals surface area contributed by atoms with Gasteiger partial charge in [0, 0.05) is 32.7 Å². The fourth-order valence-electron chi connectivity index (χ4n) is 4.55. The molecule has 166 valence electrons. The van der Waals surface area contributed by atoms with Gasteiger partial charge in [-0.05, 0) is 53.4 Å². The Morgan fingerprint density at radius 2 is 1.66 bits per heavy atom. The minimum atomic E-state index is -0.496. The third-order valence-electron chi connectivity index (χ3n) is 6.17. The summed E-state index contributed by atoms with van der Waals surface area (Å²) in [6.07, 6.45) is 3.40. The first kappa shape index (κ1) is 22.3. The Morgan fingerprint density at radius 1 is 1.03 bits per heavy atom. The summed E-state index contributed by atoms with van der Waals surface area (Å²) >= 11 is 0. The van der Waals surface area contributed by atoms with E-state index in [4.69, 9.17) is 14.2 Å². The molecule has 1 N–H and O–H groups in total. The second kappa shape index (κ2) is 8.78. The van der Waals surface area contributed by atoms with E-state index >= 15 is 0 Å². The van der Waals surface area contributed by atoms with Crippen LogP contribution in [0, 0.1) is 0 Å². The van der Waals surface area contributed by atoms with E-state index in [1.165, 1.54) is 0 Å². The van der Waals surface area contributed by atoms with Crippen LogP contribution < -0.4 is 5.32 Å². The first-order valence-electron chi connectivity index (χ1n) is 10.9. The number of nitrogens with one attached hydrogen (secondary N) is 1. The molecule has 4 rings (SSSR count). The van der Waals surface area contributed by atoms with Crippen LogP contribution in [-0.2, 0) is 19.0 Å². The maximum absolute atomic E-state index is 12.2. The van der Waals surface area contributed by atoms with Crippen LogP contribution in [0.5, 0.6) is 0 Å². The highest BCUT2D eigenvalue weighted by atomic mass is 16.6. The number of hydrogen-bond donors (Lipinski definition) is 1. The van der Waals surface area contributed by atoms with Gasteiger partial charge in [0.15, 0.2) is 0 Å². The molecular weight excluding hydrogens is 374 g/mol. The van der Waals surface area contributed by atoms with E-state index in [1.54, 1.807) is 0 Å². The Labute approximate surface area is 174 Å². The highest BCUT2D eigenvalue weighted by Gasteiger charge is 2.51. The van der Waals surface area contributed by atoms with Crippen molar-refractivity contribution >= 4 is 12.1 Å². The fraction of sp³-hybridized carbons (Fsp3) is 0.905. The Bertz CT molecular complexity index is 571. The van der Waals surface area contributed by atoms with E-state index in [1.807, 2.05) is 27.7 Å². The monoisotopic (exact) mass is 411 g/mol. The number of amides is 1. The molecule has 3 heterocycles. The molecule has 0 unspecified atom stereocenters. The van der Waals surface area contributed by atoms with Crippen LogP contribution in [0.15, 0.2) is 0 Å². The summed E-state index contributed by atoms with van der Waals surface area (Å²) in [5, 5.41) is 3.08. The number of piperazine rings is 1. The maximum atomic E-state index is 12.2. The normalized spacial score (nSPS) is 30.8. The van der Waals surface area contributed by atoms with Crippen molar-refractivity contribution in [2.75, 3.05) is 52.5 Å². The zero-order chi connectivity index (χ0) is 21.1. The molecule has 4 aliphatic rings. The number of ether oxygens (including phenoxy) is 3. The molecular formula is C21H37N3O5. The molecule has 1 amide bonds. The van der Waals surface area contributed by atoms with Crippen molar-refractivity contribution in [1.82, 2.24) is 15.1 Å². The molecule has 0 spiro atoms. The molecule has 0 atom stereocenters. The topological polar surface area (TPSA) is 80.3 Å². The van der Waals surface area contributed by atoms with Gasteiger partial charge in [0.05, 0.1) is 30.9 Å². The van der Waals surface area contributed by atoms with Crippen molar-refractivity contribution in [1.29, 1.82) is 0 Å². The molecule has 3 aliphatic heterocycles. The third kappa shape index (κ3) is 6.06. The van der Waals surface area contributed by atoms with E-state index in [0.29, 0.717) is 19.8 Å². The van der Waals surface area contributed by atoms with Crippen LogP contribution in [0.25, 0.3) is 0 Å². The van der Waals surface area contributed by atoms with Gasteiger partial charge in [-0.15, -0.1) is 0 Å². The van der Waals surface area contributed by atoms with E-state index in [2.05, 4.69) is 15.1 Å².